The molecule has 0 bridgehead atoms. The molecule has 0 aromatic heterocycles. The number of hydrogen-bond donors (Lipinski definition) is 2. The van der Waals surface area contributed by atoms with Gasteiger partial charge in [0.15, 0.2) is 0 Å². The number of benzene rings is 1. The summed E-state index contributed by atoms with van der Waals surface area (Å²) in [5.41, 5.74) is 5.35. The molecule has 0 aliphatic carbocycles. The molecule has 0 spiro atoms. The van der Waals surface area contributed by atoms with Crippen molar-refractivity contribution >= 4 is 23.5 Å². The van der Waals surface area contributed by atoms with Gasteiger partial charge in [0.05, 0.1) is 19.4 Å². The quantitative estimate of drug-likeness (QED) is 0.463. The molecule has 114 valence electrons. The average molecular weight is 294 g/mol. The molecule has 3 N–H and O–H groups in total. The maximum Gasteiger partial charge on any atom is 0.397 e. The first-order valence-electron chi connectivity index (χ1n) is 6.46. The summed E-state index contributed by atoms with van der Waals surface area (Å²) >= 11 is 0. The summed E-state index contributed by atoms with van der Waals surface area (Å²) in [4.78, 5) is 34.6. The second-order valence-electron chi connectivity index (χ2n) is 4.19. The molecule has 1 aromatic carbocycles. The number of methoxy groups -OCH3 is 1. The number of esters is 1. The number of unbranched alkanes of at least 4 members (excludes halogenated alkanes) is 1. The van der Waals surface area contributed by atoms with Crippen molar-refractivity contribution in [2.75, 3.05) is 19.0 Å². The SMILES string of the molecule is CCCCOC(=O)C(=O)Nc1cccc(OC)c1C(N)=O. The summed E-state index contributed by atoms with van der Waals surface area (Å²) in [5, 5.41) is 2.30. The number of nitrogens with two attached hydrogens (primary N) is 1. The van der Waals surface area contributed by atoms with E-state index in [-0.39, 0.29) is 23.6 Å². The van der Waals surface area contributed by atoms with Gasteiger partial charge in [0.2, 0.25) is 0 Å². The Morgan fingerprint density at radius 3 is 2.57 bits per heavy atom. The molecule has 0 fully saturated rings. The molecule has 2 amide bonds. The maximum atomic E-state index is 11.7. The lowest BCUT2D eigenvalue weighted by atomic mass is 10.1. The fraction of sp³-hybridized carbons (Fsp3) is 0.357. The molecule has 1 rings (SSSR count). The lowest BCUT2D eigenvalue weighted by Gasteiger charge is -2.12. The van der Waals surface area contributed by atoms with Gasteiger partial charge >= 0.3 is 11.9 Å². The van der Waals surface area contributed by atoms with E-state index in [4.69, 9.17) is 15.2 Å². The largest absolute Gasteiger partial charge is 0.496 e. The first-order valence-corrected chi connectivity index (χ1v) is 6.46. The van der Waals surface area contributed by atoms with Crippen LogP contribution >= 0.6 is 0 Å². The highest BCUT2D eigenvalue weighted by Crippen LogP contribution is 2.25. The van der Waals surface area contributed by atoms with Gasteiger partial charge in [-0.3, -0.25) is 9.59 Å². The first kappa shape index (κ1) is 16.5. The highest BCUT2D eigenvalue weighted by atomic mass is 16.5. The number of carbonyl (C=O) groups is 3. The molecule has 0 atom stereocenters. The number of rotatable bonds is 6. The van der Waals surface area contributed by atoms with E-state index < -0.39 is 17.8 Å². The molecule has 0 radical (unpaired) electrons. The fourth-order valence-electron chi connectivity index (χ4n) is 1.61. The van der Waals surface area contributed by atoms with Crippen LogP contribution < -0.4 is 15.8 Å². The molecular weight excluding hydrogens is 276 g/mol. The van der Waals surface area contributed by atoms with E-state index in [1.807, 2.05) is 6.92 Å². The van der Waals surface area contributed by atoms with Gasteiger partial charge in [-0.2, -0.15) is 0 Å². The molecular formula is C14H18N2O5. The van der Waals surface area contributed by atoms with E-state index in [1.165, 1.54) is 19.2 Å². The van der Waals surface area contributed by atoms with Crippen molar-refractivity contribution in [2.45, 2.75) is 19.8 Å². The van der Waals surface area contributed by atoms with Crippen molar-refractivity contribution in [3.05, 3.63) is 23.8 Å². The number of amides is 2. The Kier molecular flexibility index (Phi) is 6.19. The highest BCUT2D eigenvalue weighted by Gasteiger charge is 2.20. The average Bonchev–Trinajstić information content (AvgIpc) is 2.46. The standard InChI is InChI=1S/C14H18N2O5/c1-3-4-8-21-14(19)13(18)16-9-6-5-7-10(20-2)11(9)12(15)17/h5-7H,3-4,8H2,1-2H3,(H2,15,17)(H,16,18). The second-order valence-corrected chi connectivity index (χ2v) is 4.19. The summed E-state index contributed by atoms with van der Waals surface area (Å²) in [7, 11) is 1.37. The van der Waals surface area contributed by atoms with Crippen molar-refractivity contribution in [1.29, 1.82) is 0 Å². The van der Waals surface area contributed by atoms with Crippen molar-refractivity contribution in [3.8, 4) is 5.75 Å². The van der Waals surface area contributed by atoms with Gasteiger partial charge in [0, 0.05) is 0 Å². The van der Waals surface area contributed by atoms with Crippen molar-refractivity contribution < 1.29 is 23.9 Å². The second kappa shape index (κ2) is 7.88. The minimum Gasteiger partial charge on any atom is -0.496 e. The van der Waals surface area contributed by atoms with Gasteiger partial charge < -0.3 is 20.5 Å². The molecule has 7 nitrogen and oxygen atoms in total. The van der Waals surface area contributed by atoms with Gasteiger partial charge in [0.1, 0.15) is 11.3 Å². The number of carbonyl (C=O) groups excluding carboxylic acids is 3. The predicted octanol–water partition coefficient (Wildman–Crippen LogP) is 1.08. The topological polar surface area (TPSA) is 108 Å². The lowest BCUT2D eigenvalue weighted by Crippen LogP contribution is -2.27. The number of ether oxygens (including phenoxy) is 2. The summed E-state index contributed by atoms with van der Waals surface area (Å²) in [6.07, 6.45) is 1.52. The van der Waals surface area contributed by atoms with E-state index in [9.17, 15) is 14.4 Å². The van der Waals surface area contributed by atoms with Gasteiger partial charge in [-0.25, -0.2) is 4.79 Å². The van der Waals surface area contributed by atoms with E-state index in [0.717, 1.165) is 6.42 Å². The molecule has 0 aliphatic rings. The van der Waals surface area contributed by atoms with Crippen LogP contribution in [0.3, 0.4) is 0 Å². The van der Waals surface area contributed by atoms with Crippen LogP contribution in [-0.4, -0.2) is 31.5 Å². The first-order chi connectivity index (χ1) is 10.0. The van der Waals surface area contributed by atoms with Crippen LogP contribution in [-0.2, 0) is 14.3 Å². The summed E-state index contributed by atoms with van der Waals surface area (Å²) in [5.74, 6) is -2.55. The van der Waals surface area contributed by atoms with Crippen LogP contribution in [0.5, 0.6) is 5.75 Å². The lowest BCUT2D eigenvalue weighted by molar-refractivity contribution is -0.152. The Morgan fingerprint density at radius 2 is 2.00 bits per heavy atom. The van der Waals surface area contributed by atoms with E-state index in [1.54, 1.807) is 6.07 Å². The summed E-state index contributed by atoms with van der Waals surface area (Å²) in [6.45, 7) is 2.10. The van der Waals surface area contributed by atoms with Gasteiger partial charge in [-0.15, -0.1) is 0 Å². The zero-order valence-electron chi connectivity index (χ0n) is 12.0. The molecule has 1 aromatic rings. The molecule has 0 aliphatic heterocycles. The smallest absolute Gasteiger partial charge is 0.397 e. The Labute approximate surface area is 122 Å². The number of nitrogens with one attached hydrogen (secondary N) is 1. The minimum absolute atomic E-state index is 0.00490. The normalized spacial score (nSPS) is 9.81. The molecule has 0 unspecified atom stereocenters. The predicted molar refractivity (Wildman–Crippen MR) is 76.0 cm³/mol. The third kappa shape index (κ3) is 4.48. The number of hydrogen-bond acceptors (Lipinski definition) is 5. The molecule has 21 heavy (non-hydrogen) atoms. The Hall–Kier alpha value is -2.57. The molecule has 0 saturated carbocycles. The van der Waals surface area contributed by atoms with E-state index >= 15 is 0 Å². The Bertz CT molecular complexity index is 542. The van der Waals surface area contributed by atoms with E-state index in [2.05, 4.69) is 5.32 Å². The van der Waals surface area contributed by atoms with Crippen molar-refractivity contribution in [2.24, 2.45) is 5.73 Å². The third-order valence-corrected chi connectivity index (χ3v) is 2.66. The summed E-state index contributed by atoms with van der Waals surface area (Å²) in [6, 6.07) is 4.53. The van der Waals surface area contributed by atoms with Gasteiger partial charge in [-0.05, 0) is 18.6 Å². The van der Waals surface area contributed by atoms with E-state index in [0.29, 0.717) is 6.42 Å². The highest BCUT2D eigenvalue weighted by molar-refractivity contribution is 6.37. The Morgan fingerprint density at radius 1 is 1.29 bits per heavy atom. The monoisotopic (exact) mass is 294 g/mol. The maximum absolute atomic E-state index is 11.7. The van der Waals surface area contributed by atoms with Crippen LogP contribution in [0.15, 0.2) is 18.2 Å². The van der Waals surface area contributed by atoms with Crippen LogP contribution in [0.1, 0.15) is 30.1 Å². The van der Waals surface area contributed by atoms with Crippen LogP contribution in [0.25, 0.3) is 0 Å². The van der Waals surface area contributed by atoms with Crippen LogP contribution in [0.4, 0.5) is 5.69 Å². The Balaban J connectivity index is 2.85. The van der Waals surface area contributed by atoms with Gasteiger partial charge in [0.25, 0.3) is 5.91 Å². The van der Waals surface area contributed by atoms with Crippen LogP contribution in [0.2, 0.25) is 0 Å². The number of anilines is 1. The van der Waals surface area contributed by atoms with Gasteiger partial charge in [-0.1, -0.05) is 19.4 Å². The molecule has 0 heterocycles. The van der Waals surface area contributed by atoms with Crippen LogP contribution in [0, 0.1) is 0 Å². The third-order valence-electron chi connectivity index (χ3n) is 2.66. The number of primary amides is 1. The zero-order chi connectivity index (χ0) is 15.8. The minimum atomic E-state index is -1.01. The summed E-state index contributed by atoms with van der Waals surface area (Å²) < 4.78 is 9.78. The zero-order valence-corrected chi connectivity index (χ0v) is 12.0. The fourth-order valence-corrected chi connectivity index (χ4v) is 1.61. The van der Waals surface area contributed by atoms with Crippen molar-refractivity contribution in [1.82, 2.24) is 0 Å². The molecule has 0 saturated heterocycles. The molecule has 7 heteroatoms. The van der Waals surface area contributed by atoms with Crippen molar-refractivity contribution in [3.63, 3.8) is 0 Å².